The van der Waals surface area contributed by atoms with Crippen LogP contribution >= 0.6 is 0 Å². The molecule has 0 radical (unpaired) electrons. The van der Waals surface area contributed by atoms with Crippen molar-refractivity contribution in [1.82, 2.24) is 24.9 Å². The quantitative estimate of drug-likeness (QED) is 0.487. The fourth-order valence-corrected chi connectivity index (χ4v) is 4.97. The van der Waals surface area contributed by atoms with Crippen LogP contribution in [0, 0.1) is 5.92 Å². The molecular weight excluding hydrogens is 486 g/mol. The highest BCUT2D eigenvalue weighted by atomic mass is 19.3. The summed E-state index contributed by atoms with van der Waals surface area (Å²) in [5.41, 5.74) is 3.58. The fraction of sp³-hybridized carbons (Fsp3) is 0.640. The Labute approximate surface area is 214 Å². The zero-order valence-corrected chi connectivity index (χ0v) is 21.7. The monoisotopic (exact) mass is 520 g/mol. The molecule has 2 aromatic rings. The molecule has 37 heavy (non-hydrogen) atoms. The second-order valence-electron chi connectivity index (χ2n) is 9.84. The zero-order valence-electron chi connectivity index (χ0n) is 21.7. The highest BCUT2D eigenvalue weighted by molar-refractivity contribution is 5.70. The maximum absolute atomic E-state index is 13.2. The van der Waals surface area contributed by atoms with Crippen LogP contribution in [0.4, 0.5) is 19.3 Å². The topological polar surface area (TPSA) is 103 Å². The molecule has 2 aliphatic rings. The molecule has 4 rings (SSSR count). The number of methoxy groups -OCH3 is 1. The van der Waals surface area contributed by atoms with E-state index in [9.17, 15) is 18.4 Å². The van der Waals surface area contributed by atoms with E-state index >= 15 is 0 Å². The van der Waals surface area contributed by atoms with Crippen molar-refractivity contribution in [2.24, 2.45) is 13.0 Å². The van der Waals surface area contributed by atoms with Gasteiger partial charge in [-0.2, -0.15) is 0 Å². The number of piperidine rings is 1. The molecule has 1 atom stereocenters. The first kappa shape index (κ1) is 26.7. The lowest BCUT2D eigenvalue weighted by molar-refractivity contribution is -0.141. The lowest BCUT2D eigenvalue weighted by atomic mass is 9.87. The van der Waals surface area contributed by atoms with Gasteiger partial charge < -0.3 is 19.3 Å². The molecule has 2 fully saturated rings. The van der Waals surface area contributed by atoms with Crippen LogP contribution < -0.4 is 4.90 Å². The van der Waals surface area contributed by atoms with E-state index in [4.69, 9.17) is 14.5 Å². The first-order valence-corrected chi connectivity index (χ1v) is 12.6. The number of hydrogen-bond donors (Lipinski definition) is 0. The molecule has 0 N–H and O–H groups in total. The second kappa shape index (κ2) is 11.0. The number of halogens is 2. The number of alkyl halides is 2. The summed E-state index contributed by atoms with van der Waals surface area (Å²) in [6.45, 7) is 3.57. The van der Waals surface area contributed by atoms with Gasteiger partial charge in [0.2, 0.25) is 0 Å². The molecule has 1 saturated carbocycles. The van der Waals surface area contributed by atoms with E-state index in [2.05, 4.69) is 15.2 Å². The Morgan fingerprint density at radius 3 is 2.70 bits per heavy atom. The molecule has 0 bridgehead atoms. The molecule has 1 aliphatic heterocycles. The highest BCUT2D eigenvalue weighted by Gasteiger charge is 2.48. The summed E-state index contributed by atoms with van der Waals surface area (Å²) in [6.07, 6.45) is 1.69. The lowest BCUT2D eigenvalue weighted by Crippen LogP contribution is -2.51. The number of carbonyl (C=O) groups excluding carboxylic acids is 2. The van der Waals surface area contributed by atoms with Crippen LogP contribution in [0.2, 0.25) is 0 Å². The third-order valence-corrected chi connectivity index (χ3v) is 7.25. The number of esters is 1. The van der Waals surface area contributed by atoms with Crippen molar-refractivity contribution < 1.29 is 27.8 Å². The van der Waals surface area contributed by atoms with Gasteiger partial charge in [-0.3, -0.25) is 4.79 Å². The van der Waals surface area contributed by atoms with Crippen molar-refractivity contribution in [3.8, 4) is 11.4 Å². The number of nitrogens with zero attached hydrogens (tertiary/aromatic N) is 6. The molecule has 1 aliphatic carbocycles. The number of carbonyl (C=O) groups is 2. The summed E-state index contributed by atoms with van der Waals surface area (Å²) >= 11 is 0. The first-order chi connectivity index (χ1) is 17.6. The Balaban J connectivity index is 1.46. The fourth-order valence-electron chi connectivity index (χ4n) is 4.97. The molecule has 0 unspecified atom stereocenters. The summed E-state index contributed by atoms with van der Waals surface area (Å²) in [5.74, 6) is -2.68. The van der Waals surface area contributed by atoms with Crippen LogP contribution in [0.5, 0.6) is 0 Å². The van der Waals surface area contributed by atoms with Gasteiger partial charge in [0.15, 0.2) is 0 Å². The van der Waals surface area contributed by atoms with Gasteiger partial charge >= 0.3 is 12.1 Å². The summed E-state index contributed by atoms with van der Waals surface area (Å²) in [5, 5.41) is 8.32. The largest absolute Gasteiger partial charge is 0.469 e. The van der Waals surface area contributed by atoms with Gasteiger partial charge in [0, 0.05) is 52.5 Å². The minimum absolute atomic E-state index is 0.114. The Morgan fingerprint density at radius 2 is 2.03 bits per heavy atom. The number of anilines is 1. The predicted molar refractivity (Wildman–Crippen MR) is 131 cm³/mol. The van der Waals surface area contributed by atoms with Gasteiger partial charge in [-0.05, 0) is 37.3 Å². The van der Waals surface area contributed by atoms with Crippen molar-refractivity contribution >= 4 is 17.7 Å². The number of aryl methyl sites for hydroxylation is 2. The smallest absolute Gasteiger partial charge is 0.410 e. The first-order valence-electron chi connectivity index (χ1n) is 12.6. The molecule has 2 aromatic heterocycles. The van der Waals surface area contributed by atoms with Crippen molar-refractivity contribution in [2.45, 2.75) is 64.0 Å². The highest BCUT2D eigenvalue weighted by Crippen LogP contribution is 2.40. The van der Waals surface area contributed by atoms with E-state index in [0.717, 1.165) is 37.3 Å². The molecule has 12 heteroatoms. The van der Waals surface area contributed by atoms with Crippen molar-refractivity contribution in [1.29, 1.82) is 0 Å². The van der Waals surface area contributed by atoms with Gasteiger partial charge in [-0.15, -0.1) is 5.10 Å². The summed E-state index contributed by atoms with van der Waals surface area (Å²) in [6, 6.07) is 3.35. The van der Waals surface area contributed by atoms with Crippen LogP contribution in [0.15, 0.2) is 12.1 Å². The molecule has 202 valence electrons. The number of amides is 1. The molecule has 1 amide bonds. The third kappa shape index (κ3) is 5.99. The minimum Gasteiger partial charge on any atom is -0.469 e. The van der Waals surface area contributed by atoms with Gasteiger partial charge in [0.05, 0.1) is 24.2 Å². The maximum atomic E-state index is 13.2. The van der Waals surface area contributed by atoms with Crippen molar-refractivity contribution in [3.05, 3.63) is 23.5 Å². The molecule has 1 saturated heterocycles. The van der Waals surface area contributed by atoms with E-state index in [1.807, 2.05) is 19.1 Å². The molecule has 3 heterocycles. The zero-order chi connectivity index (χ0) is 26.7. The third-order valence-electron chi connectivity index (χ3n) is 7.25. The Kier molecular flexibility index (Phi) is 7.93. The lowest BCUT2D eigenvalue weighted by Gasteiger charge is -2.40. The maximum Gasteiger partial charge on any atom is 0.410 e. The van der Waals surface area contributed by atoms with Gasteiger partial charge in [-0.25, -0.2) is 23.2 Å². The number of aromatic nitrogens is 4. The van der Waals surface area contributed by atoms with Crippen LogP contribution in [0.1, 0.15) is 50.4 Å². The molecule has 0 spiro atoms. The Morgan fingerprint density at radius 1 is 1.27 bits per heavy atom. The van der Waals surface area contributed by atoms with Gasteiger partial charge in [-0.1, -0.05) is 12.1 Å². The van der Waals surface area contributed by atoms with Crippen LogP contribution in [-0.2, 0) is 34.3 Å². The molecular formula is C25H34F2N6O4. The van der Waals surface area contributed by atoms with E-state index in [1.165, 1.54) is 23.7 Å². The number of hydrogen-bond acceptors (Lipinski definition) is 8. The normalized spacial score (nSPS) is 19.3. The van der Waals surface area contributed by atoms with E-state index in [-0.39, 0.29) is 31.3 Å². The van der Waals surface area contributed by atoms with E-state index in [0.29, 0.717) is 29.9 Å². The standard InChI is InChI=1S/C25H34F2N6O4/c1-5-18-20(33-10-6-7-16(14-33)11-22(34)36-4)9-8-19(28-18)23-21(32(3)30-29-23)15-37-24(35)31(2)17-12-25(26,27)13-17/h8-9,16-17H,5-7,10-15H2,1-4H3/t16-/m1/s1. The van der Waals surface area contributed by atoms with E-state index < -0.39 is 18.1 Å². The molecule has 0 aromatic carbocycles. The Bertz CT molecular complexity index is 1130. The number of pyridine rings is 1. The Hall–Kier alpha value is -3.31. The van der Waals surface area contributed by atoms with Gasteiger partial charge in [0.1, 0.15) is 18.0 Å². The summed E-state index contributed by atoms with van der Waals surface area (Å²) in [7, 11) is 4.57. The number of rotatable bonds is 8. The number of ether oxygens (including phenoxy) is 2. The summed E-state index contributed by atoms with van der Waals surface area (Å²) in [4.78, 5) is 32.5. The van der Waals surface area contributed by atoms with E-state index in [1.54, 1.807) is 7.05 Å². The van der Waals surface area contributed by atoms with Gasteiger partial charge in [0.25, 0.3) is 5.92 Å². The average Bonchev–Trinajstić information content (AvgIpc) is 3.24. The second-order valence-corrected chi connectivity index (χ2v) is 9.84. The van der Waals surface area contributed by atoms with Crippen molar-refractivity contribution in [3.63, 3.8) is 0 Å². The predicted octanol–water partition coefficient (Wildman–Crippen LogP) is 3.59. The van der Waals surface area contributed by atoms with Crippen molar-refractivity contribution in [2.75, 3.05) is 32.1 Å². The summed E-state index contributed by atoms with van der Waals surface area (Å²) < 4.78 is 38.1. The van der Waals surface area contributed by atoms with Crippen LogP contribution in [0.3, 0.4) is 0 Å². The minimum atomic E-state index is -2.72. The SMILES string of the molecule is CCc1nc(-c2nnn(C)c2COC(=O)N(C)C2CC(F)(F)C2)ccc1N1CCC[C@H](CC(=O)OC)C1. The van der Waals surface area contributed by atoms with Crippen LogP contribution in [0.25, 0.3) is 11.4 Å². The van der Waals surface area contributed by atoms with Crippen LogP contribution in [-0.4, -0.2) is 76.2 Å². The average molecular weight is 521 g/mol. The molecule has 10 nitrogen and oxygen atoms in total.